The highest BCUT2D eigenvalue weighted by molar-refractivity contribution is 6.16. The van der Waals surface area contributed by atoms with E-state index in [9.17, 15) is 0 Å². The lowest BCUT2D eigenvalue weighted by Crippen LogP contribution is -2.14. The second-order valence-corrected chi connectivity index (χ2v) is 18.1. The third kappa shape index (κ3) is 5.90. The third-order valence-corrected chi connectivity index (χ3v) is 14.0. The first-order valence-electron chi connectivity index (χ1n) is 22.8. The van der Waals surface area contributed by atoms with E-state index in [1.165, 1.54) is 76.9 Å². The fraction of sp³-hybridized carbons (Fsp3) is 0.0476. The molecule has 0 saturated carbocycles. The van der Waals surface area contributed by atoms with Crippen LogP contribution in [0.4, 0.5) is 0 Å². The van der Waals surface area contributed by atoms with Gasteiger partial charge in [-0.1, -0.05) is 196 Å². The van der Waals surface area contributed by atoms with Crippen molar-refractivity contribution in [2.24, 2.45) is 0 Å². The second-order valence-electron chi connectivity index (χ2n) is 18.1. The Kier molecular flexibility index (Phi) is 8.56. The zero-order valence-corrected chi connectivity index (χ0v) is 36.7. The Labute approximate surface area is 384 Å². The van der Waals surface area contributed by atoms with Crippen molar-refractivity contribution in [1.29, 1.82) is 0 Å². The average molecular weight is 842 g/mol. The molecule has 10 aromatic carbocycles. The van der Waals surface area contributed by atoms with Gasteiger partial charge in [-0.05, 0) is 109 Å². The minimum Gasteiger partial charge on any atom is -0.309 e. The first kappa shape index (κ1) is 38.1. The van der Waals surface area contributed by atoms with E-state index < -0.39 is 0 Å². The molecule has 13 rings (SSSR count). The minimum absolute atomic E-state index is 0.125. The van der Waals surface area contributed by atoms with E-state index in [1.54, 1.807) is 0 Å². The molecule has 2 heterocycles. The normalized spacial score (nSPS) is 12.8. The van der Waals surface area contributed by atoms with Crippen LogP contribution < -0.4 is 0 Å². The number of rotatable bonds is 6. The largest absolute Gasteiger partial charge is 0.309 e. The van der Waals surface area contributed by atoms with Crippen molar-refractivity contribution in [2.75, 3.05) is 0 Å². The highest BCUT2D eigenvalue weighted by atomic mass is 15.0. The molecule has 66 heavy (non-hydrogen) atoms. The van der Waals surface area contributed by atoms with Gasteiger partial charge in [-0.25, -0.2) is 9.97 Å². The van der Waals surface area contributed by atoms with Crippen LogP contribution in [0, 0.1) is 0 Å². The lowest BCUT2D eigenvalue weighted by molar-refractivity contribution is 0.661. The van der Waals surface area contributed by atoms with Crippen molar-refractivity contribution in [3.63, 3.8) is 0 Å². The highest BCUT2D eigenvalue weighted by Crippen LogP contribution is 2.54. The number of fused-ring (bicyclic) bond motifs is 8. The topological polar surface area (TPSA) is 30.7 Å². The van der Waals surface area contributed by atoms with Crippen molar-refractivity contribution in [3.8, 4) is 73.0 Å². The molecule has 310 valence electrons. The van der Waals surface area contributed by atoms with Crippen LogP contribution in [-0.4, -0.2) is 14.5 Å². The predicted octanol–water partition coefficient (Wildman–Crippen LogP) is 16.5. The summed E-state index contributed by atoms with van der Waals surface area (Å²) >= 11 is 0. The number of hydrogen-bond acceptors (Lipinski definition) is 2. The van der Waals surface area contributed by atoms with Crippen molar-refractivity contribution in [1.82, 2.24) is 14.5 Å². The zero-order chi connectivity index (χ0) is 43.9. The quantitative estimate of drug-likeness (QED) is 0.167. The molecule has 0 aliphatic heterocycles. The molecular weight excluding hydrogens is 799 g/mol. The number of hydrogen-bond donors (Lipinski definition) is 0. The molecule has 0 fully saturated rings. The molecule has 0 spiro atoms. The van der Waals surface area contributed by atoms with Crippen molar-refractivity contribution in [2.45, 2.75) is 19.3 Å². The van der Waals surface area contributed by atoms with Crippen molar-refractivity contribution in [3.05, 3.63) is 236 Å². The molecule has 0 bridgehead atoms. The molecular formula is C63H43N3. The summed E-state index contributed by atoms with van der Waals surface area (Å²) in [5.41, 5.74) is 18.5. The molecule has 1 aliphatic rings. The molecule has 1 aliphatic carbocycles. The van der Waals surface area contributed by atoms with Crippen LogP contribution in [0.25, 0.3) is 116 Å². The van der Waals surface area contributed by atoms with Gasteiger partial charge < -0.3 is 4.57 Å². The lowest BCUT2D eigenvalue weighted by Gasteiger charge is -2.22. The van der Waals surface area contributed by atoms with Crippen molar-refractivity contribution >= 4 is 43.4 Å². The van der Waals surface area contributed by atoms with E-state index in [-0.39, 0.29) is 5.41 Å². The zero-order valence-electron chi connectivity index (χ0n) is 36.7. The maximum absolute atomic E-state index is 5.33. The average Bonchev–Trinajstić information content (AvgIpc) is 3.84. The Balaban J connectivity index is 0.946. The Bertz CT molecular complexity index is 3880. The minimum atomic E-state index is -0.125. The van der Waals surface area contributed by atoms with E-state index in [0.29, 0.717) is 5.82 Å². The highest BCUT2D eigenvalue weighted by Gasteiger charge is 2.37. The maximum atomic E-state index is 5.33. The Hall–Kier alpha value is -8.40. The monoisotopic (exact) mass is 841 g/mol. The fourth-order valence-electron chi connectivity index (χ4n) is 10.8. The van der Waals surface area contributed by atoms with Crippen LogP contribution in [0.2, 0.25) is 0 Å². The van der Waals surface area contributed by atoms with Gasteiger partial charge in [0.1, 0.15) is 0 Å². The van der Waals surface area contributed by atoms with Crippen LogP contribution in [0.3, 0.4) is 0 Å². The Morgan fingerprint density at radius 1 is 0.364 bits per heavy atom. The number of nitrogens with zero attached hydrogens (tertiary/aromatic N) is 3. The SMILES string of the molecule is CC1(C)c2cc3ccccc3cc2-c2c(-c3ccc(-c4cc(-c5ccc(-c6cccc7c6c6ccccc6n7-c6ccccc6)cc5)nc(-c5ccccc5)n4)c4ccccc34)cccc21. The molecule has 3 heteroatoms. The van der Waals surface area contributed by atoms with Gasteiger partial charge in [0.2, 0.25) is 0 Å². The molecule has 0 radical (unpaired) electrons. The first-order chi connectivity index (χ1) is 32.5. The standard InChI is InChI=1S/C63H43N3/c1-63(2)54-28-15-27-51(60(54)53-37-43-19-9-10-20-44(43)38-55(53)63)49-35-36-50(48-24-12-11-23-47(48)49)57-39-56(64-62(65-57)42-17-5-3-6-18-42)41-33-31-40(32-34-41)46-26-16-30-59-61(46)52-25-13-14-29-58(52)66(59)45-21-7-4-8-22-45/h3-39H,1-2H3. The van der Waals surface area contributed by atoms with Gasteiger partial charge in [0.25, 0.3) is 0 Å². The predicted molar refractivity (Wildman–Crippen MR) is 276 cm³/mol. The summed E-state index contributed by atoms with van der Waals surface area (Å²) < 4.78 is 2.38. The Morgan fingerprint density at radius 2 is 0.955 bits per heavy atom. The second kappa shape index (κ2) is 14.8. The van der Waals surface area contributed by atoms with E-state index in [0.717, 1.165) is 44.7 Å². The number of benzene rings is 10. The van der Waals surface area contributed by atoms with Gasteiger partial charge in [0, 0.05) is 38.6 Å². The van der Waals surface area contributed by atoms with Gasteiger partial charge in [-0.15, -0.1) is 0 Å². The summed E-state index contributed by atoms with van der Waals surface area (Å²) in [6.45, 7) is 4.74. The molecule has 0 unspecified atom stereocenters. The smallest absolute Gasteiger partial charge is 0.160 e. The van der Waals surface area contributed by atoms with Crippen LogP contribution in [0.15, 0.2) is 224 Å². The summed E-state index contributed by atoms with van der Waals surface area (Å²) in [7, 11) is 0. The van der Waals surface area contributed by atoms with Gasteiger partial charge in [0.15, 0.2) is 5.82 Å². The van der Waals surface area contributed by atoms with Crippen LogP contribution >= 0.6 is 0 Å². The molecule has 2 aromatic heterocycles. The lowest BCUT2D eigenvalue weighted by atomic mass is 9.81. The van der Waals surface area contributed by atoms with Crippen LogP contribution in [0.5, 0.6) is 0 Å². The third-order valence-electron chi connectivity index (χ3n) is 14.0. The van der Waals surface area contributed by atoms with E-state index in [2.05, 4.69) is 237 Å². The molecule has 0 N–H and O–H groups in total. The summed E-state index contributed by atoms with van der Waals surface area (Å²) in [5, 5.41) is 7.39. The van der Waals surface area contributed by atoms with E-state index in [1.807, 2.05) is 6.07 Å². The fourth-order valence-corrected chi connectivity index (χ4v) is 10.8. The van der Waals surface area contributed by atoms with E-state index >= 15 is 0 Å². The number of para-hydroxylation sites is 2. The van der Waals surface area contributed by atoms with Crippen LogP contribution in [0.1, 0.15) is 25.0 Å². The van der Waals surface area contributed by atoms with Gasteiger partial charge in [0.05, 0.1) is 22.4 Å². The molecule has 0 atom stereocenters. The summed E-state index contributed by atoms with van der Waals surface area (Å²) in [6.07, 6.45) is 0. The summed E-state index contributed by atoms with van der Waals surface area (Å²) in [5.74, 6) is 0.700. The first-order valence-corrected chi connectivity index (χ1v) is 22.8. The molecule has 12 aromatic rings. The summed E-state index contributed by atoms with van der Waals surface area (Å²) in [4.78, 5) is 10.6. The maximum Gasteiger partial charge on any atom is 0.160 e. The van der Waals surface area contributed by atoms with Gasteiger partial charge in [-0.2, -0.15) is 0 Å². The van der Waals surface area contributed by atoms with Crippen LogP contribution in [-0.2, 0) is 5.41 Å². The molecule has 0 saturated heterocycles. The Morgan fingerprint density at radius 3 is 1.74 bits per heavy atom. The van der Waals surface area contributed by atoms with Gasteiger partial charge in [-0.3, -0.25) is 0 Å². The number of aromatic nitrogens is 3. The van der Waals surface area contributed by atoms with Crippen molar-refractivity contribution < 1.29 is 0 Å². The molecule has 0 amide bonds. The molecule has 3 nitrogen and oxygen atoms in total. The van der Waals surface area contributed by atoms with Gasteiger partial charge >= 0.3 is 0 Å². The summed E-state index contributed by atoms with van der Waals surface area (Å²) in [6, 6.07) is 81.3. The van der Waals surface area contributed by atoms with E-state index in [4.69, 9.17) is 9.97 Å².